The van der Waals surface area contributed by atoms with Gasteiger partial charge in [-0.2, -0.15) is 0 Å². The number of aryl methyl sites for hydroxylation is 1. The van der Waals surface area contributed by atoms with Gasteiger partial charge in [0.05, 0.1) is 5.69 Å². The number of nitrogens with one attached hydrogen (secondary N) is 1. The lowest BCUT2D eigenvalue weighted by Crippen LogP contribution is -2.19. The molecule has 0 amide bonds. The summed E-state index contributed by atoms with van der Waals surface area (Å²) in [5, 5.41) is 3.12. The summed E-state index contributed by atoms with van der Waals surface area (Å²) in [4.78, 5) is 0. The maximum atomic E-state index is 5.81. The minimum absolute atomic E-state index is 0.219. The summed E-state index contributed by atoms with van der Waals surface area (Å²) >= 11 is 4.85. The van der Waals surface area contributed by atoms with E-state index < -0.39 is 0 Å². The molecule has 0 saturated heterocycles. The first-order valence-corrected chi connectivity index (χ1v) is 5.96. The van der Waals surface area contributed by atoms with Crippen LogP contribution < -0.4 is 15.8 Å². The Labute approximate surface area is 112 Å². The Balaban J connectivity index is 2.30. The number of nitrogens with two attached hydrogens (primary N) is 1. The molecule has 0 aromatic heterocycles. The predicted octanol–water partition coefficient (Wildman–Crippen LogP) is 3.44. The van der Waals surface area contributed by atoms with E-state index in [-0.39, 0.29) is 5.11 Å². The standard InChI is InChI=1S/C14H14N2OS/c1-10-7-8-12(16-14(15)18)13(9-10)17-11-5-3-2-4-6-11/h2-9H,1H3,(H3,15,16,18). The van der Waals surface area contributed by atoms with Crippen LogP contribution in [0.15, 0.2) is 48.5 Å². The van der Waals surface area contributed by atoms with E-state index in [4.69, 9.17) is 22.7 Å². The molecule has 3 nitrogen and oxygen atoms in total. The number of ether oxygens (including phenoxy) is 1. The summed E-state index contributed by atoms with van der Waals surface area (Å²) in [5.74, 6) is 1.48. The number of hydrogen-bond donors (Lipinski definition) is 2. The highest BCUT2D eigenvalue weighted by Gasteiger charge is 2.05. The number of hydrogen-bond acceptors (Lipinski definition) is 2. The Morgan fingerprint density at radius 3 is 2.56 bits per heavy atom. The monoisotopic (exact) mass is 258 g/mol. The van der Waals surface area contributed by atoms with E-state index in [0.717, 1.165) is 17.0 Å². The molecule has 92 valence electrons. The van der Waals surface area contributed by atoms with Crippen LogP contribution in [-0.4, -0.2) is 5.11 Å². The highest BCUT2D eigenvalue weighted by Crippen LogP contribution is 2.30. The third-order valence-corrected chi connectivity index (χ3v) is 2.47. The third kappa shape index (κ3) is 3.21. The highest BCUT2D eigenvalue weighted by molar-refractivity contribution is 7.80. The smallest absolute Gasteiger partial charge is 0.168 e. The van der Waals surface area contributed by atoms with Crippen LogP contribution in [0.1, 0.15) is 5.56 Å². The van der Waals surface area contributed by atoms with E-state index in [2.05, 4.69) is 5.32 Å². The Morgan fingerprint density at radius 2 is 1.89 bits per heavy atom. The molecule has 4 heteroatoms. The Kier molecular flexibility index (Phi) is 3.79. The lowest BCUT2D eigenvalue weighted by atomic mass is 10.2. The summed E-state index contributed by atoms with van der Waals surface area (Å²) in [6.45, 7) is 2.00. The van der Waals surface area contributed by atoms with Gasteiger partial charge in [-0.1, -0.05) is 24.3 Å². The second-order valence-corrected chi connectivity index (χ2v) is 4.34. The Bertz CT molecular complexity index is 555. The van der Waals surface area contributed by atoms with Crippen molar-refractivity contribution in [1.29, 1.82) is 0 Å². The lowest BCUT2D eigenvalue weighted by Gasteiger charge is -2.12. The zero-order chi connectivity index (χ0) is 13.0. The van der Waals surface area contributed by atoms with Gasteiger partial charge in [-0.3, -0.25) is 0 Å². The van der Waals surface area contributed by atoms with E-state index in [1.165, 1.54) is 0 Å². The SMILES string of the molecule is Cc1ccc(NC(N)=S)c(Oc2ccccc2)c1. The van der Waals surface area contributed by atoms with E-state index in [1.807, 2.05) is 55.5 Å². The average Bonchev–Trinajstić information content (AvgIpc) is 2.33. The molecule has 0 heterocycles. The number of thiocarbonyl (C=S) groups is 1. The van der Waals surface area contributed by atoms with E-state index >= 15 is 0 Å². The lowest BCUT2D eigenvalue weighted by molar-refractivity contribution is 0.484. The van der Waals surface area contributed by atoms with Gasteiger partial charge in [-0.05, 0) is 49.0 Å². The van der Waals surface area contributed by atoms with Gasteiger partial charge in [0.1, 0.15) is 5.75 Å². The van der Waals surface area contributed by atoms with Crippen LogP contribution in [0.2, 0.25) is 0 Å². The van der Waals surface area contributed by atoms with Crippen molar-refractivity contribution in [2.24, 2.45) is 5.73 Å². The van der Waals surface area contributed by atoms with Crippen LogP contribution in [0.25, 0.3) is 0 Å². The number of benzene rings is 2. The number of rotatable bonds is 3. The first-order chi connectivity index (χ1) is 8.65. The average molecular weight is 258 g/mol. The fourth-order valence-corrected chi connectivity index (χ4v) is 1.68. The molecule has 0 saturated carbocycles. The van der Waals surface area contributed by atoms with Crippen molar-refractivity contribution in [3.63, 3.8) is 0 Å². The van der Waals surface area contributed by atoms with Crippen molar-refractivity contribution < 1.29 is 4.74 Å². The molecule has 0 atom stereocenters. The molecular weight excluding hydrogens is 244 g/mol. The normalized spacial score (nSPS) is 9.83. The van der Waals surface area contributed by atoms with Crippen molar-refractivity contribution in [2.45, 2.75) is 6.92 Å². The summed E-state index contributed by atoms with van der Waals surface area (Å²) < 4.78 is 5.81. The van der Waals surface area contributed by atoms with E-state index in [9.17, 15) is 0 Å². The van der Waals surface area contributed by atoms with Gasteiger partial charge in [-0.25, -0.2) is 0 Å². The van der Waals surface area contributed by atoms with Crippen molar-refractivity contribution in [3.8, 4) is 11.5 Å². The van der Waals surface area contributed by atoms with Gasteiger partial charge in [0.15, 0.2) is 10.9 Å². The molecule has 2 aromatic carbocycles. The van der Waals surface area contributed by atoms with Crippen LogP contribution in [0.3, 0.4) is 0 Å². The summed E-state index contributed by atoms with van der Waals surface area (Å²) in [6.07, 6.45) is 0. The van der Waals surface area contributed by atoms with Gasteiger partial charge < -0.3 is 15.8 Å². The number of anilines is 1. The first kappa shape index (κ1) is 12.4. The molecule has 0 radical (unpaired) electrons. The predicted molar refractivity (Wildman–Crippen MR) is 78.1 cm³/mol. The zero-order valence-electron chi connectivity index (χ0n) is 10.0. The second kappa shape index (κ2) is 5.51. The molecule has 0 bridgehead atoms. The minimum Gasteiger partial charge on any atom is -0.455 e. The molecule has 2 rings (SSSR count). The summed E-state index contributed by atoms with van der Waals surface area (Å²) in [5.41, 5.74) is 7.36. The quantitative estimate of drug-likeness (QED) is 0.828. The summed E-state index contributed by atoms with van der Waals surface area (Å²) in [7, 11) is 0. The van der Waals surface area contributed by atoms with Crippen molar-refractivity contribution in [3.05, 3.63) is 54.1 Å². The summed E-state index contributed by atoms with van der Waals surface area (Å²) in [6, 6.07) is 15.4. The molecule has 0 fully saturated rings. The fourth-order valence-electron chi connectivity index (χ4n) is 1.57. The molecule has 0 aliphatic rings. The fraction of sp³-hybridized carbons (Fsp3) is 0.0714. The number of para-hydroxylation sites is 1. The Hall–Kier alpha value is -2.07. The second-order valence-electron chi connectivity index (χ2n) is 3.90. The van der Waals surface area contributed by atoms with Crippen LogP contribution >= 0.6 is 12.2 Å². The largest absolute Gasteiger partial charge is 0.455 e. The molecule has 0 aliphatic carbocycles. The van der Waals surface area contributed by atoms with E-state index in [1.54, 1.807) is 0 Å². The topological polar surface area (TPSA) is 47.3 Å². The van der Waals surface area contributed by atoms with Gasteiger partial charge in [0.2, 0.25) is 0 Å². The highest BCUT2D eigenvalue weighted by atomic mass is 32.1. The third-order valence-electron chi connectivity index (χ3n) is 2.37. The molecule has 2 aromatic rings. The van der Waals surface area contributed by atoms with Crippen LogP contribution in [0.5, 0.6) is 11.5 Å². The molecule has 0 aliphatic heterocycles. The molecular formula is C14H14N2OS. The zero-order valence-corrected chi connectivity index (χ0v) is 10.8. The van der Waals surface area contributed by atoms with Crippen LogP contribution in [0.4, 0.5) is 5.69 Å². The first-order valence-electron chi connectivity index (χ1n) is 5.55. The molecule has 18 heavy (non-hydrogen) atoms. The van der Waals surface area contributed by atoms with Crippen molar-refractivity contribution in [2.75, 3.05) is 5.32 Å². The van der Waals surface area contributed by atoms with Gasteiger partial charge >= 0.3 is 0 Å². The minimum atomic E-state index is 0.219. The Morgan fingerprint density at radius 1 is 1.17 bits per heavy atom. The maximum absolute atomic E-state index is 5.81. The van der Waals surface area contributed by atoms with Crippen LogP contribution in [0, 0.1) is 6.92 Å². The molecule has 0 spiro atoms. The van der Waals surface area contributed by atoms with Gasteiger partial charge in [0.25, 0.3) is 0 Å². The van der Waals surface area contributed by atoms with Gasteiger partial charge in [-0.15, -0.1) is 0 Å². The van der Waals surface area contributed by atoms with Gasteiger partial charge in [0, 0.05) is 0 Å². The van der Waals surface area contributed by atoms with Crippen molar-refractivity contribution in [1.82, 2.24) is 0 Å². The molecule has 0 unspecified atom stereocenters. The van der Waals surface area contributed by atoms with Crippen molar-refractivity contribution >= 4 is 23.0 Å². The maximum Gasteiger partial charge on any atom is 0.168 e. The van der Waals surface area contributed by atoms with E-state index in [0.29, 0.717) is 5.75 Å². The molecule has 3 N–H and O–H groups in total. The van der Waals surface area contributed by atoms with Crippen LogP contribution in [-0.2, 0) is 0 Å².